The Balaban J connectivity index is 2.15. The maximum atomic E-state index is 11.7. The predicted molar refractivity (Wildman–Crippen MR) is 63.3 cm³/mol. The summed E-state index contributed by atoms with van der Waals surface area (Å²) < 4.78 is 0. The lowest BCUT2D eigenvalue weighted by Gasteiger charge is -2.16. The highest BCUT2D eigenvalue weighted by atomic mass is 16.2. The van der Waals surface area contributed by atoms with E-state index in [4.69, 9.17) is 5.73 Å². The molecule has 1 unspecified atom stereocenters. The van der Waals surface area contributed by atoms with Crippen LogP contribution in [0.1, 0.15) is 6.42 Å². The second kappa shape index (κ2) is 4.49. The first-order chi connectivity index (χ1) is 7.74. The minimum absolute atomic E-state index is 0.134. The van der Waals surface area contributed by atoms with Gasteiger partial charge in [-0.3, -0.25) is 4.79 Å². The topological polar surface area (TPSA) is 71.2 Å². The molecule has 5 nitrogen and oxygen atoms in total. The molecular formula is C11H16N4O. The second-order valence-electron chi connectivity index (χ2n) is 3.96. The van der Waals surface area contributed by atoms with Crippen molar-refractivity contribution in [2.24, 2.45) is 11.7 Å². The fraction of sp³-hybridized carbons (Fsp3) is 0.455. The van der Waals surface area contributed by atoms with Gasteiger partial charge < -0.3 is 16.0 Å². The third kappa shape index (κ3) is 1.99. The minimum Gasteiger partial charge on any atom is -0.373 e. The van der Waals surface area contributed by atoms with Gasteiger partial charge in [0.25, 0.3) is 0 Å². The number of rotatable bonds is 3. The number of nitrogens with two attached hydrogens (primary N) is 1. The molecule has 1 aromatic heterocycles. The van der Waals surface area contributed by atoms with Crippen LogP contribution in [0, 0.1) is 5.92 Å². The summed E-state index contributed by atoms with van der Waals surface area (Å²) in [5, 5.41) is 2.94. The Hall–Kier alpha value is -1.62. The molecule has 0 radical (unpaired) electrons. The Morgan fingerprint density at radius 2 is 2.44 bits per heavy atom. The molecule has 86 valence electrons. The van der Waals surface area contributed by atoms with Crippen LogP contribution in [-0.2, 0) is 4.79 Å². The van der Waals surface area contributed by atoms with E-state index in [1.54, 1.807) is 11.1 Å². The molecule has 0 spiro atoms. The van der Waals surface area contributed by atoms with Crippen molar-refractivity contribution in [3.05, 3.63) is 18.3 Å². The molecule has 1 aliphatic rings. The maximum absolute atomic E-state index is 11.7. The van der Waals surface area contributed by atoms with Crippen molar-refractivity contribution in [1.82, 2.24) is 4.98 Å². The SMILES string of the molecule is CNc1ccc(N2CC(CN)CC2=O)cn1. The highest BCUT2D eigenvalue weighted by Crippen LogP contribution is 2.24. The molecular weight excluding hydrogens is 204 g/mol. The molecule has 1 fully saturated rings. The van der Waals surface area contributed by atoms with E-state index in [9.17, 15) is 4.79 Å². The summed E-state index contributed by atoms with van der Waals surface area (Å²) in [6.07, 6.45) is 2.26. The number of anilines is 2. The molecule has 5 heteroatoms. The van der Waals surface area contributed by atoms with Gasteiger partial charge in [0, 0.05) is 20.0 Å². The number of pyridine rings is 1. The molecule has 2 rings (SSSR count). The first-order valence-corrected chi connectivity index (χ1v) is 5.39. The van der Waals surface area contributed by atoms with Crippen LogP contribution < -0.4 is 16.0 Å². The summed E-state index contributed by atoms with van der Waals surface area (Å²) in [5.74, 6) is 1.21. The quantitative estimate of drug-likeness (QED) is 0.775. The third-order valence-electron chi connectivity index (χ3n) is 2.85. The first-order valence-electron chi connectivity index (χ1n) is 5.39. The molecule has 1 amide bonds. The molecule has 0 saturated carbocycles. The molecule has 2 heterocycles. The largest absolute Gasteiger partial charge is 0.373 e. The van der Waals surface area contributed by atoms with Gasteiger partial charge in [-0.05, 0) is 24.6 Å². The number of hydrogen-bond acceptors (Lipinski definition) is 4. The van der Waals surface area contributed by atoms with Crippen LogP contribution in [-0.4, -0.2) is 31.0 Å². The van der Waals surface area contributed by atoms with E-state index >= 15 is 0 Å². The van der Waals surface area contributed by atoms with Gasteiger partial charge in [0.2, 0.25) is 5.91 Å². The molecule has 0 aromatic carbocycles. The predicted octanol–water partition coefficient (Wildman–Crippen LogP) is 0.435. The summed E-state index contributed by atoms with van der Waals surface area (Å²) in [4.78, 5) is 17.7. The van der Waals surface area contributed by atoms with Crippen molar-refractivity contribution in [2.75, 3.05) is 30.4 Å². The Bertz CT molecular complexity index is 376. The number of nitrogens with zero attached hydrogens (tertiary/aromatic N) is 2. The van der Waals surface area contributed by atoms with E-state index < -0.39 is 0 Å². The van der Waals surface area contributed by atoms with E-state index in [1.807, 2.05) is 19.2 Å². The van der Waals surface area contributed by atoms with Crippen molar-refractivity contribution >= 4 is 17.4 Å². The van der Waals surface area contributed by atoms with E-state index in [-0.39, 0.29) is 11.8 Å². The molecule has 1 aliphatic heterocycles. The molecule has 1 aromatic rings. The van der Waals surface area contributed by atoms with Crippen LogP contribution in [0.3, 0.4) is 0 Å². The van der Waals surface area contributed by atoms with Gasteiger partial charge in [0.05, 0.1) is 11.9 Å². The lowest BCUT2D eigenvalue weighted by atomic mass is 10.1. The maximum Gasteiger partial charge on any atom is 0.227 e. The van der Waals surface area contributed by atoms with Crippen molar-refractivity contribution in [2.45, 2.75) is 6.42 Å². The highest BCUT2D eigenvalue weighted by molar-refractivity contribution is 5.95. The van der Waals surface area contributed by atoms with Gasteiger partial charge in [0.1, 0.15) is 5.82 Å². The molecule has 0 bridgehead atoms. The average molecular weight is 220 g/mol. The number of carbonyl (C=O) groups is 1. The number of amides is 1. The van der Waals surface area contributed by atoms with Crippen molar-refractivity contribution in [1.29, 1.82) is 0 Å². The molecule has 16 heavy (non-hydrogen) atoms. The summed E-state index contributed by atoms with van der Waals surface area (Å²) in [7, 11) is 1.81. The summed E-state index contributed by atoms with van der Waals surface area (Å²) in [6.45, 7) is 1.26. The zero-order valence-corrected chi connectivity index (χ0v) is 9.31. The van der Waals surface area contributed by atoms with Crippen molar-refractivity contribution in [3.63, 3.8) is 0 Å². The van der Waals surface area contributed by atoms with Crippen molar-refractivity contribution < 1.29 is 4.79 Å². The van der Waals surface area contributed by atoms with Gasteiger partial charge >= 0.3 is 0 Å². The number of aromatic nitrogens is 1. The van der Waals surface area contributed by atoms with Gasteiger partial charge in [-0.1, -0.05) is 0 Å². The van der Waals surface area contributed by atoms with Crippen LogP contribution in [0.5, 0.6) is 0 Å². The second-order valence-corrected chi connectivity index (χ2v) is 3.96. The Morgan fingerprint density at radius 3 is 2.94 bits per heavy atom. The van der Waals surface area contributed by atoms with Crippen LogP contribution in [0.25, 0.3) is 0 Å². The highest BCUT2D eigenvalue weighted by Gasteiger charge is 2.29. The van der Waals surface area contributed by atoms with E-state index in [0.717, 1.165) is 11.5 Å². The Kier molecular flexibility index (Phi) is 3.05. The summed E-state index contributed by atoms with van der Waals surface area (Å²) in [6, 6.07) is 3.76. The number of nitrogens with one attached hydrogen (secondary N) is 1. The third-order valence-corrected chi connectivity index (χ3v) is 2.85. The van der Waals surface area contributed by atoms with Gasteiger partial charge in [-0.2, -0.15) is 0 Å². The lowest BCUT2D eigenvalue weighted by molar-refractivity contribution is -0.117. The fourth-order valence-corrected chi connectivity index (χ4v) is 1.88. The standard InChI is InChI=1S/C11H16N4O/c1-13-10-3-2-9(6-14-10)15-7-8(5-12)4-11(15)16/h2-3,6,8H,4-5,7,12H2,1H3,(H,13,14). The molecule has 1 saturated heterocycles. The van der Waals surface area contributed by atoms with E-state index in [1.165, 1.54) is 0 Å². The molecule has 1 atom stereocenters. The zero-order valence-electron chi connectivity index (χ0n) is 9.31. The minimum atomic E-state index is 0.134. The Morgan fingerprint density at radius 1 is 1.62 bits per heavy atom. The van der Waals surface area contributed by atoms with Crippen LogP contribution in [0.2, 0.25) is 0 Å². The van der Waals surface area contributed by atoms with E-state index in [0.29, 0.717) is 19.5 Å². The normalized spacial score (nSPS) is 20.2. The monoisotopic (exact) mass is 220 g/mol. The average Bonchev–Trinajstić information content (AvgIpc) is 2.71. The van der Waals surface area contributed by atoms with Crippen LogP contribution in [0.4, 0.5) is 11.5 Å². The zero-order chi connectivity index (χ0) is 11.5. The number of carbonyl (C=O) groups excluding carboxylic acids is 1. The van der Waals surface area contributed by atoms with Gasteiger partial charge in [0.15, 0.2) is 0 Å². The van der Waals surface area contributed by atoms with Gasteiger partial charge in [-0.25, -0.2) is 4.98 Å². The van der Waals surface area contributed by atoms with Crippen molar-refractivity contribution in [3.8, 4) is 0 Å². The van der Waals surface area contributed by atoms with Crippen LogP contribution >= 0.6 is 0 Å². The Labute approximate surface area is 94.6 Å². The molecule has 0 aliphatic carbocycles. The fourth-order valence-electron chi connectivity index (χ4n) is 1.88. The lowest BCUT2D eigenvalue weighted by Crippen LogP contribution is -2.25. The van der Waals surface area contributed by atoms with Gasteiger partial charge in [-0.15, -0.1) is 0 Å². The summed E-state index contributed by atoms with van der Waals surface area (Å²) >= 11 is 0. The smallest absolute Gasteiger partial charge is 0.227 e. The molecule has 3 N–H and O–H groups in total. The van der Waals surface area contributed by atoms with Crippen LogP contribution in [0.15, 0.2) is 18.3 Å². The number of hydrogen-bond donors (Lipinski definition) is 2. The summed E-state index contributed by atoms with van der Waals surface area (Å²) in [5.41, 5.74) is 6.42. The first kappa shape index (κ1) is 10.9. The van der Waals surface area contributed by atoms with E-state index in [2.05, 4.69) is 10.3 Å².